The Morgan fingerprint density at radius 2 is 1.97 bits per heavy atom. The molecular formula is C28H39ClN6O. The number of anilines is 1. The van der Waals surface area contributed by atoms with Gasteiger partial charge in [0.2, 0.25) is 0 Å². The van der Waals surface area contributed by atoms with Crippen LogP contribution in [0.4, 0.5) is 5.69 Å². The summed E-state index contributed by atoms with van der Waals surface area (Å²) in [6.07, 6.45) is 14.4. The predicted molar refractivity (Wildman–Crippen MR) is 148 cm³/mol. The van der Waals surface area contributed by atoms with E-state index >= 15 is 0 Å². The van der Waals surface area contributed by atoms with Gasteiger partial charge in [0.25, 0.3) is 5.91 Å². The highest BCUT2D eigenvalue weighted by atomic mass is 35.5. The van der Waals surface area contributed by atoms with Crippen molar-refractivity contribution in [3.63, 3.8) is 0 Å². The molecule has 2 N–H and O–H groups in total. The van der Waals surface area contributed by atoms with Crippen LogP contribution in [0.1, 0.15) is 66.3 Å². The average molecular weight is 511 g/mol. The molecule has 194 valence electrons. The van der Waals surface area contributed by atoms with Crippen LogP contribution in [0, 0.1) is 6.92 Å². The maximum atomic E-state index is 12.7. The van der Waals surface area contributed by atoms with Gasteiger partial charge in [-0.2, -0.15) is 0 Å². The normalized spacial score (nSPS) is 13.7. The molecule has 0 atom stereocenters. The zero-order valence-electron chi connectivity index (χ0n) is 21.9. The molecule has 0 saturated heterocycles. The fourth-order valence-corrected chi connectivity index (χ4v) is 4.70. The van der Waals surface area contributed by atoms with Crippen molar-refractivity contribution in [2.24, 2.45) is 0 Å². The molecule has 4 rings (SSSR count). The van der Waals surface area contributed by atoms with Gasteiger partial charge < -0.3 is 20.1 Å². The number of carbonyl (C=O) groups is 1. The number of halogens is 1. The lowest BCUT2D eigenvalue weighted by atomic mass is 9.95. The topological polar surface area (TPSA) is 75.1 Å². The number of rotatable bonds is 8. The van der Waals surface area contributed by atoms with Gasteiger partial charge in [0.1, 0.15) is 5.82 Å². The number of hydrogen-bond acceptors (Lipinski definition) is 5. The number of benzene rings is 1. The molecule has 2 heterocycles. The fourth-order valence-electron chi connectivity index (χ4n) is 4.48. The highest BCUT2D eigenvalue weighted by molar-refractivity contribution is 6.31. The summed E-state index contributed by atoms with van der Waals surface area (Å²) in [5, 5.41) is 6.70. The number of nitrogens with zero attached hydrogens (tertiary/aromatic N) is 4. The third-order valence-electron chi connectivity index (χ3n) is 6.57. The molecule has 8 heteroatoms. The van der Waals surface area contributed by atoms with Crippen molar-refractivity contribution in [3.05, 3.63) is 76.6 Å². The van der Waals surface area contributed by atoms with Crippen LogP contribution in [-0.4, -0.2) is 52.0 Å². The lowest BCUT2D eigenvalue weighted by Crippen LogP contribution is -2.29. The first kappa shape index (κ1) is 27.7. The Labute approximate surface area is 220 Å². The van der Waals surface area contributed by atoms with Crippen molar-refractivity contribution in [2.45, 2.75) is 65.1 Å². The van der Waals surface area contributed by atoms with E-state index in [-0.39, 0.29) is 5.91 Å². The molecule has 0 bridgehead atoms. The Balaban J connectivity index is 0.000000338. The van der Waals surface area contributed by atoms with Crippen molar-refractivity contribution < 1.29 is 4.79 Å². The van der Waals surface area contributed by atoms with E-state index in [1.807, 2.05) is 49.0 Å². The first-order valence-electron chi connectivity index (χ1n) is 12.8. The lowest BCUT2D eigenvalue weighted by molar-refractivity contribution is 0.0949. The second kappa shape index (κ2) is 14.0. The summed E-state index contributed by atoms with van der Waals surface area (Å²) in [4.78, 5) is 23.5. The van der Waals surface area contributed by atoms with Gasteiger partial charge in [-0.05, 0) is 70.1 Å². The van der Waals surface area contributed by atoms with Crippen LogP contribution in [0.25, 0.3) is 0 Å². The zero-order valence-corrected chi connectivity index (χ0v) is 22.7. The first-order chi connectivity index (χ1) is 17.4. The summed E-state index contributed by atoms with van der Waals surface area (Å²) in [7, 11) is 4.38. The molecule has 7 nitrogen and oxygen atoms in total. The number of aromatic nitrogens is 3. The van der Waals surface area contributed by atoms with E-state index in [0.717, 1.165) is 35.2 Å². The molecule has 0 aliphatic heterocycles. The van der Waals surface area contributed by atoms with Crippen LogP contribution < -0.4 is 10.6 Å². The summed E-state index contributed by atoms with van der Waals surface area (Å²) in [6, 6.07) is 8.32. The Kier molecular flexibility index (Phi) is 10.8. The number of amides is 1. The first-order valence-corrected chi connectivity index (χ1v) is 13.1. The van der Waals surface area contributed by atoms with Crippen molar-refractivity contribution in [1.29, 1.82) is 0 Å². The Hall–Kier alpha value is -2.90. The predicted octanol–water partition coefficient (Wildman–Crippen LogP) is 5.53. The van der Waals surface area contributed by atoms with E-state index in [9.17, 15) is 4.79 Å². The molecule has 1 aliphatic carbocycles. The molecule has 1 aromatic carbocycles. The van der Waals surface area contributed by atoms with E-state index in [1.54, 1.807) is 18.5 Å². The van der Waals surface area contributed by atoms with Gasteiger partial charge in [0, 0.05) is 53.6 Å². The number of nitrogens with one attached hydrogen (secondary N) is 2. The summed E-state index contributed by atoms with van der Waals surface area (Å²) in [5.74, 6) is 0.601. The Bertz CT molecular complexity index is 1090. The second-order valence-corrected chi connectivity index (χ2v) is 9.86. The van der Waals surface area contributed by atoms with E-state index < -0.39 is 0 Å². The minimum absolute atomic E-state index is 0.176. The minimum Gasteiger partial charge on any atom is -0.385 e. The highest BCUT2D eigenvalue weighted by Gasteiger charge is 2.15. The zero-order chi connectivity index (χ0) is 25.9. The maximum Gasteiger partial charge on any atom is 0.252 e. The maximum absolute atomic E-state index is 12.7. The molecule has 0 spiro atoms. The number of pyridine rings is 1. The van der Waals surface area contributed by atoms with Gasteiger partial charge in [-0.15, -0.1) is 0 Å². The molecule has 1 saturated carbocycles. The van der Waals surface area contributed by atoms with E-state index in [2.05, 4.69) is 39.6 Å². The lowest BCUT2D eigenvalue weighted by Gasteiger charge is -2.27. The van der Waals surface area contributed by atoms with Gasteiger partial charge in [0.15, 0.2) is 0 Å². The van der Waals surface area contributed by atoms with Crippen molar-refractivity contribution >= 4 is 23.2 Å². The molecule has 0 radical (unpaired) electrons. The second-order valence-electron chi connectivity index (χ2n) is 9.43. The van der Waals surface area contributed by atoms with Crippen molar-refractivity contribution in [2.75, 3.05) is 26.0 Å². The van der Waals surface area contributed by atoms with Gasteiger partial charge in [0.05, 0.1) is 13.1 Å². The standard InChI is InChI=1S/C20H22ClN5O.C8H17N/c1-3-23-18-10-16(21)9-17(14(18)2)20(27)25-12-19-24-7-8-26(19)13-15-5-4-6-22-11-15;1-9(2)8-6-4-3-5-7-8/h4-11,23H,3,12-13H2,1-2H3,(H,25,27);8H,3-7H2,1-2H3. The average Bonchev–Trinajstić information content (AvgIpc) is 3.33. The quantitative estimate of drug-likeness (QED) is 0.416. The SMILES string of the molecule is CCNc1cc(Cl)cc(C(=O)NCc2nccn2Cc2cccnc2)c1C.CN(C)C1CCCCC1. The van der Waals surface area contributed by atoms with Gasteiger partial charge in [-0.25, -0.2) is 4.98 Å². The summed E-state index contributed by atoms with van der Waals surface area (Å²) < 4.78 is 1.99. The number of imidazole rings is 1. The molecule has 0 unspecified atom stereocenters. The molecule has 36 heavy (non-hydrogen) atoms. The van der Waals surface area contributed by atoms with Crippen LogP contribution in [0.15, 0.2) is 49.1 Å². The third kappa shape index (κ3) is 8.07. The largest absolute Gasteiger partial charge is 0.385 e. The minimum atomic E-state index is -0.176. The van der Waals surface area contributed by atoms with Gasteiger partial charge in [-0.1, -0.05) is 36.9 Å². The van der Waals surface area contributed by atoms with Crippen LogP contribution in [0.3, 0.4) is 0 Å². The molecule has 1 fully saturated rings. The summed E-state index contributed by atoms with van der Waals surface area (Å²) in [6.45, 7) is 5.65. The van der Waals surface area contributed by atoms with Crippen molar-refractivity contribution in [3.8, 4) is 0 Å². The van der Waals surface area contributed by atoms with Crippen LogP contribution in [-0.2, 0) is 13.1 Å². The number of carbonyl (C=O) groups excluding carboxylic acids is 1. The smallest absolute Gasteiger partial charge is 0.252 e. The molecule has 3 aromatic rings. The number of hydrogen-bond donors (Lipinski definition) is 2. The van der Waals surface area contributed by atoms with Crippen LogP contribution in [0.5, 0.6) is 0 Å². The molecule has 2 aromatic heterocycles. The summed E-state index contributed by atoms with van der Waals surface area (Å²) >= 11 is 6.17. The fraction of sp³-hybridized carbons (Fsp3) is 0.464. The molecule has 1 amide bonds. The van der Waals surface area contributed by atoms with Gasteiger partial charge >= 0.3 is 0 Å². The van der Waals surface area contributed by atoms with E-state index in [4.69, 9.17) is 11.6 Å². The Morgan fingerprint density at radius 1 is 1.19 bits per heavy atom. The summed E-state index contributed by atoms with van der Waals surface area (Å²) in [5.41, 5.74) is 3.37. The Morgan fingerprint density at radius 3 is 2.61 bits per heavy atom. The van der Waals surface area contributed by atoms with Crippen LogP contribution >= 0.6 is 11.6 Å². The highest BCUT2D eigenvalue weighted by Crippen LogP contribution is 2.25. The molecular weight excluding hydrogens is 472 g/mol. The molecule has 1 aliphatic rings. The third-order valence-corrected chi connectivity index (χ3v) is 6.79. The van der Waals surface area contributed by atoms with Crippen LogP contribution in [0.2, 0.25) is 5.02 Å². The van der Waals surface area contributed by atoms with Crippen molar-refractivity contribution in [1.82, 2.24) is 24.8 Å². The monoisotopic (exact) mass is 510 g/mol. The van der Waals surface area contributed by atoms with E-state index in [1.165, 1.54) is 32.1 Å². The van der Waals surface area contributed by atoms with Gasteiger partial charge in [-0.3, -0.25) is 9.78 Å². The van der Waals surface area contributed by atoms with E-state index in [0.29, 0.717) is 23.7 Å².